The van der Waals surface area contributed by atoms with E-state index in [1.54, 1.807) is 13.4 Å². The van der Waals surface area contributed by atoms with Gasteiger partial charge in [-0.25, -0.2) is 4.89 Å². The van der Waals surface area contributed by atoms with E-state index in [2.05, 4.69) is 0 Å². The van der Waals surface area contributed by atoms with E-state index in [1.807, 2.05) is 12.1 Å². The van der Waals surface area contributed by atoms with Gasteiger partial charge in [0.2, 0.25) is 0 Å². The lowest BCUT2D eigenvalue weighted by atomic mass is 9.74. The van der Waals surface area contributed by atoms with Gasteiger partial charge in [-0.3, -0.25) is 5.26 Å². The van der Waals surface area contributed by atoms with E-state index in [4.69, 9.17) is 14.0 Å². The van der Waals surface area contributed by atoms with Crippen LogP contribution in [0.4, 0.5) is 0 Å². The van der Waals surface area contributed by atoms with Crippen molar-refractivity contribution in [3.05, 3.63) is 24.2 Å². The molecule has 0 aliphatic heterocycles. The molecule has 2 fully saturated rings. The average Bonchev–Trinajstić information content (AvgIpc) is 3.05. The van der Waals surface area contributed by atoms with Crippen LogP contribution in [0.5, 0.6) is 0 Å². The fourth-order valence-electron chi connectivity index (χ4n) is 3.94. The maximum atomic E-state index is 9.49. The van der Waals surface area contributed by atoms with Crippen molar-refractivity contribution in [1.29, 1.82) is 0 Å². The molecular formula is C13H18O4. The maximum Gasteiger partial charge on any atom is 0.168 e. The molecule has 0 spiro atoms. The Morgan fingerprint density at radius 3 is 3.06 bits per heavy atom. The minimum atomic E-state index is -0.692. The van der Waals surface area contributed by atoms with Gasteiger partial charge < -0.3 is 9.15 Å². The fourth-order valence-corrected chi connectivity index (χ4v) is 3.94. The molecule has 0 unspecified atom stereocenters. The van der Waals surface area contributed by atoms with E-state index in [0.717, 1.165) is 18.6 Å². The highest BCUT2D eigenvalue weighted by Crippen LogP contribution is 2.60. The topological polar surface area (TPSA) is 51.8 Å². The molecule has 0 amide bonds. The van der Waals surface area contributed by atoms with Crippen LogP contribution in [-0.4, -0.2) is 19.0 Å². The zero-order valence-electron chi connectivity index (χ0n) is 9.96. The summed E-state index contributed by atoms with van der Waals surface area (Å²) < 4.78 is 10.8. The van der Waals surface area contributed by atoms with Crippen LogP contribution < -0.4 is 0 Å². The Bertz CT molecular complexity index is 375. The summed E-state index contributed by atoms with van der Waals surface area (Å²) in [6, 6.07) is 3.73. The van der Waals surface area contributed by atoms with Crippen molar-refractivity contribution in [2.24, 2.45) is 17.8 Å². The molecule has 4 heteroatoms. The van der Waals surface area contributed by atoms with E-state index < -0.39 is 5.60 Å². The highest BCUT2D eigenvalue weighted by atomic mass is 17.1. The van der Waals surface area contributed by atoms with Gasteiger partial charge in [-0.1, -0.05) is 0 Å². The van der Waals surface area contributed by atoms with Gasteiger partial charge in [-0.05, 0) is 43.2 Å². The summed E-state index contributed by atoms with van der Waals surface area (Å²) in [6.07, 6.45) is 5.01. The smallest absolute Gasteiger partial charge is 0.168 e. The number of rotatable bonds is 4. The molecule has 2 aliphatic carbocycles. The molecule has 4 atom stereocenters. The Hall–Kier alpha value is -0.840. The number of ether oxygens (including phenoxy) is 1. The summed E-state index contributed by atoms with van der Waals surface area (Å²) >= 11 is 0. The monoisotopic (exact) mass is 238 g/mol. The summed E-state index contributed by atoms with van der Waals surface area (Å²) in [7, 11) is 1.69. The Morgan fingerprint density at radius 1 is 1.53 bits per heavy atom. The Morgan fingerprint density at radius 2 is 2.41 bits per heavy atom. The largest absolute Gasteiger partial charge is 0.466 e. The lowest BCUT2D eigenvalue weighted by Gasteiger charge is -2.39. The number of methoxy groups -OCH3 is 1. The summed E-state index contributed by atoms with van der Waals surface area (Å²) in [5.74, 6) is 1.82. The third-order valence-corrected chi connectivity index (χ3v) is 4.60. The highest BCUT2D eigenvalue weighted by molar-refractivity contribution is 5.20. The lowest BCUT2D eigenvalue weighted by molar-refractivity contribution is -0.363. The molecule has 1 aromatic heterocycles. The maximum absolute atomic E-state index is 9.49. The first kappa shape index (κ1) is 11.3. The molecule has 1 heterocycles. The summed E-state index contributed by atoms with van der Waals surface area (Å²) in [5.41, 5.74) is -0.692. The standard InChI is InChI=1S/C13H18O4/c1-15-8-11-9-4-5-10(7-9)13(11,17-14)12-3-2-6-16-12/h2-3,6,9-11,14H,4-5,7-8H2,1H3/t9-,10+,11+,13-/m1/s1. The molecule has 0 radical (unpaired) electrons. The quantitative estimate of drug-likeness (QED) is 0.647. The van der Waals surface area contributed by atoms with E-state index in [9.17, 15) is 5.26 Å². The van der Waals surface area contributed by atoms with Crippen LogP contribution in [0.2, 0.25) is 0 Å². The van der Waals surface area contributed by atoms with E-state index >= 15 is 0 Å². The molecular weight excluding hydrogens is 220 g/mol. The first-order valence-electron chi connectivity index (χ1n) is 6.18. The van der Waals surface area contributed by atoms with Crippen molar-refractivity contribution in [3.8, 4) is 0 Å². The predicted molar refractivity (Wildman–Crippen MR) is 60.3 cm³/mol. The van der Waals surface area contributed by atoms with Crippen LogP contribution in [0.25, 0.3) is 0 Å². The molecule has 1 aromatic rings. The van der Waals surface area contributed by atoms with Crippen molar-refractivity contribution in [1.82, 2.24) is 0 Å². The lowest BCUT2D eigenvalue weighted by Crippen LogP contribution is -2.44. The second-order valence-electron chi connectivity index (χ2n) is 5.19. The van der Waals surface area contributed by atoms with Crippen LogP contribution in [0.15, 0.2) is 22.8 Å². The SMILES string of the molecule is COC[C@H]1[C@@H]2CC[C@@H](C2)[C@]1(OO)c1ccco1. The zero-order chi connectivity index (χ0) is 11.9. The molecule has 2 aliphatic rings. The van der Waals surface area contributed by atoms with E-state index in [-0.39, 0.29) is 5.92 Å². The van der Waals surface area contributed by atoms with Crippen LogP contribution in [0.3, 0.4) is 0 Å². The van der Waals surface area contributed by atoms with Crippen LogP contribution in [0.1, 0.15) is 25.0 Å². The Kier molecular flexibility index (Phi) is 2.73. The van der Waals surface area contributed by atoms with Gasteiger partial charge in [0.15, 0.2) is 5.60 Å². The molecule has 17 heavy (non-hydrogen) atoms. The second-order valence-corrected chi connectivity index (χ2v) is 5.19. The minimum Gasteiger partial charge on any atom is -0.466 e. The number of hydrogen-bond donors (Lipinski definition) is 1. The molecule has 0 aromatic carbocycles. The zero-order valence-corrected chi connectivity index (χ0v) is 9.96. The van der Waals surface area contributed by atoms with Crippen molar-refractivity contribution < 1.29 is 19.3 Å². The van der Waals surface area contributed by atoms with Gasteiger partial charge in [0.1, 0.15) is 5.76 Å². The molecule has 4 nitrogen and oxygen atoms in total. The van der Waals surface area contributed by atoms with Gasteiger partial charge in [0.25, 0.3) is 0 Å². The highest BCUT2D eigenvalue weighted by Gasteiger charge is 2.62. The molecule has 2 saturated carbocycles. The second kappa shape index (κ2) is 4.12. The van der Waals surface area contributed by atoms with Crippen molar-refractivity contribution in [3.63, 3.8) is 0 Å². The number of hydrogen-bond acceptors (Lipinski definition) is 4. The fraction of sp³-hybridized carbons (Fsp3) is 0.692. The van der Waals surface area contributed by atoms with Gasteiger partial charge in [0, 0.05) is 13.0 Å². The van der Waals surface area contributed by atoms with Crippen molar-refractivity contribution in [2.45, 2.75) is 24.9 Å². The van der Waals surface area contributed by atoms with Crippen molar-refractivity contribution >= 4 is 0 Å². The first-order chi connectivity index (χ1) is 8.32. The van der Waals surface area contributed by atoms with Crippen LogP contribution in [-0.2, 0) is 15.2 Å². The van der Waals surface area contributed by atoms with E-state index in [1.165, 1.54) is 6.42 Å². The van der Waals surface area contributed by atoms with Gasteiger partial charge in [-0.2, -0.15) is 0 Å². The normalized spacial score (nSPS) is 40.0. The molecule has 0 saturated heterocycles. The third-order valence-electron chi connectivity index (χ3n) is 4.60. The summed E-state index contributed by atoms with van der Waals surface area (Å²) in [5, 5.41) is 9.49. The molecule has 3 rings (SSSR count). The van der Waals surface area contributed by atoms with Crippen LogP contribution in [0, 0.1) is 17.8 Å². The third kappa shape index (κ3) is 1.41. The van der Waals surface area contributed by atoms with Crippen molar-refractivity contribution in [2.75, 3.05) is 13.7 Å². The molecule has 1 N–H and O–H groups in total. The van der Waals surface area contributed by atoms with Crippen LogP contribution >= 0.6 is 0 Å². The molecule has 94 valence electrons. The number of fused-ring (bicyclic) bond motifs is 2. The summed E-state index contributed by atoms with van der Waals surface area (Å²) in [6.45, 7) is 0.600. The van der Waals surface area contributed by atoms with Gasteiger partial charge in [-0.15, -0.1) is 0 Å². The first-order valence-corrected chi connectivity index (χ1v) is 6.18. The number of furan rings is 1. The van der Waals surface area contributed by atoms with Gasteiger partial charge in [0.05, 0.1) is 12.9 Å². The average molecular weight is 238 g/mol. The minimum absolute atomic E-state index is 0.183. The predicted octanol–water partition coefficient (Wildman–Crippen LogP) is 2.66. The Labute approximate surface area is 100 Å². The van der Waals surface area contributed by atoms with E-state index in [0.29, 0.717) is 18.4 Å². The Balaban J connectivity index is 2.01. The molecule has 2 bridgehead atoms. The van der Waals surface area contributed by atoms with Gasteiger partial charge >= 0.3 is 0 Å². The summed E-state index contributed by atoms with van der Waals surface area (Å²) in [4.78, 5) is 4.97.